The fourth-order valence-electron chi connectivity index (χ4n) is 2.33. The highest BCUT2D eigenvalue weighted by atomic mass is 32.1. The first kappa shape index (κ1) is 13.9. The van der Waals surface area contributed by atoms with Crippen molar-refractivity contribution in [3.8, 4) is 0 Å². The van der Waals surface area contributed by atoms with Gasteiger partial charge in [0.1, 0.15) is 4.99 Å². The average molecular weight is 272 g/mol. The number of rotatable bonds is 1. The molecule has 2 aromatic rings. The van der Waals surface area contributed by atoms with Crippen molar-refractivity contribution >= 4 is 28.1 Å². The monoisotopic (exact) mass is 272 g/mol. The van der Waals surface area contributed by atoms with E-state index in [1.807, 2.05) is 6.07 Å². The van der Waals surface area contributed by atoms with E-state index in [0.717, 1.165) is 22.2 Å². The van der Waals surface area contributed by atoms with Crippen molar-refractivity contribution < 1.29 is 0 Å². The molecule has 0 atom stereocenters. The number of benzene rings is 1. The quantitative estimate of drug-likeness (QED) is 0.803. The maximum atomic E-state index is 5.90. The summed E-state index contributed by atoms with van der Waals surface area (Å²) in [6, 6.07) is 6.27. The van der Waals surface area contributed by atoms with Gasteiger partial charge in [0.25, 0.3) is 0 Å². The number of pyridine rings is 1. The first-order valence-electron chi connectivity index (χ1n) is 6.42. The van der Waals surface area contributed by atoms with E-state index in [0.29, 0.717) is 4.99 Å². The van der Waals surface area contributed by atoms with E-state index >= 15 is 0 Å². The van der Waals surface area contributed by atoms with Crippen LogP contribution >= 0.6 is 12.2 Å². The van der Waals surface area contributed by atoms with Crippen molar-refractivity contribution in [2.45, 2.75) is 40.0 Å². The first-order valence-corrected chi connectivity index (χ1v) is 6.83. The third kappa shape index (κ3) is 2.61. The number of hydrogen-bond donors (Lipinski definition) is 1. The molecule has 1 aromatic carbocycles. The second-order valence-electron chi connectivity index (χ2n) is 6.15. The number of aromatic nitrogens is 1. The molecule has 19 heavy (non-hydrogen) atoms. The lowest BCUT2D eigenvalue weighted by Crippen LogP contribution is -2.18. The number of nitrogens with two attached hydrogens (primary N) is 1. The molecule has 0 aliphatic rings. The molecule has 0 radical (unpaired) electrons. The highest BCUT2D eigenvalue weighted by Crippen LogP contribution is 2.28. The molecule has 2 nitrogen and oxygen atoms in total. The van der Waals surface area contributed by atoms with Gasteiger partial charge >= 0.3 is 0 Å². The van der Waals surface area contributed by atoms with Crippen LogP contribution < -0.4 is 5.73 Å². The Morgan fingerprint density at radius 1 is 1.16 bits per heavy atom. The summed E-state index contributed by atoms with van der Waals surface area (Å²) in [7, 11) is 0. The zero-order valence-corrected chi connectivity index (χ0v) is 13.0. The molecule has 0 unspecified atom stereocenters. The minimum absolute atomic E-state index is 0.0224. The summed E-state index contributed by atoms with van der Waals surface area (Å²) in [4.78, 5) is 5.23. The summed E-state index contributed by atoms with van der Waals surface area (Å²) in [6.07, 6.45) is 0. The summed E-state index contributed by atoms with van der Waals surface area (Å²) in [5, 5.41) is 1.08. The second-order valence-corrected chi connectivity index (χ2v) is 6.59. The Morgan fingerprint density at radius 3 is 2.32 bits per heavy atom. The van der Waals surface area contributed by atoms with Gasteiger partial charge in [-0.05, 0) is 37.1 Å². The lowest BCUT2D eigenvalue weighted by molar-refractivity contribution is 0.571. The van der Waals surface area contributed by atoms with E-state index < -0.39 is 0 Å². The van der Waals surface area contributed by atoms with E-state index in [9.17, 15) is 0 Å². The molecule has 0 aliphatic carbocycles. The van der Waals surface area contributed by atoms with Crippen LogP contribution in [0.25, 0.3) is 10.9 Å². The van der Waals surface area contributed by atoms with Gasteiger partial charge in [0.05, 0.1) is 5.52 Å². The number of aryl methyl sites for hydroxylation is 2. The molecule has 2 N–H and O–H groups in total. The van der Waals surface area contributed by atoms with Gasteiger partial charge in [-0.2, -0.15) is 0 Å². The summed E-state index contributed by atoms with van der Waals surface area (Å²) >= 11 is 5.21. The minimum atomic E-state index is -0.0224. The van der Waals surface area contributed by atoms with Gasteiger partial charge in [-0.15, -0.1) is 0 Å². The van der Waals surface area contributed by atoms with Gasteiger partial charge in [-0.1, -0.05) is 39.1 Å². The predicted molar refractivity (Wildman–Crippen MR) is 85.8 cm³/mol. The van der Waals surface area contributed by atoms with E-state index in [-0.39, 0.29) is 5.41 Å². The fourth-order valence-corrected chi connectivity index (χ4v) is 2.49. The highest BCUT2D eigenvalue weighted by Gasteiger charge is 2.19. The number of fused-ring (bicyclic) bond motifs is 1. The smallest absolute Gasteiger partial charge is 0.104 e. The zero-order valence-electron chi connectivity index (χ0n) is 12.2. The van der Waals surface area contributed by atoms with Crippen LogP contribution in [-0.4, -0.2) is 9.97 Å². The average Bonchev–Trinajstić information content (AvgIpc) is 2.25. The first-order chi connectivity index (χ1) is 8.70. The predicted octanol–water partition coefficient (Wildman–Crippen LogP) is 3.78. The molecule has 2 rings (SSSR count). The van der Waals surface area contributed by atoms with Crippen LogP contribution in [0.5, 0.6) is 0 Å². The molecular formula is C16H20N2S. The number of thiocarbonyl (C=S) groups is 1. The Bertz CT molecular complexity index is 666. The van der Waals surface area contributed by atoms with Crippen molar-refractivity contribution in [2.75, 3.05) is 0 Å². The van der Waals surface area contributed by atoms with Gasteiger partial charge in [-0.3, -0.25) is 4.98 Å². The molecule has 0 bridgehead atoms. The molecule has 0 saturated carbocycles. The molecular weight excluding hydrogens is 252 g/mol. The van der Waals surface area contributed by atoms with E-state index in [1.54, 1.807) is 0 Å². The lowest BCUT2D eigenvalue weighted by atomic mass is 9.89. The molecule has 0 amide bonds. The Balaban J connectivity index is 2.92. The number of nitrogens with zero attached hydrogens (tertiary/aromatic N) is 1. The minimum Gasteiger partial charge on any atom is -0.389 e. The standard InChI is InChI=1S/C16H20N2S/c1-9-6-10(2)14-11(15(17)19)8-13(16(3,4)5)18-12(14)7-9/h6-8H,1-5H3,(H2,17,19). The zero-order chi connectivity index (χ0) is 14.4. The Hall–Kier alpha value is -1.48. The van der Waals surface area contributed by atoms with Crippen molar-refractivity contribution in [1.82, 2.24) is 4.98 Å². The summed E-state index contributed by atoms with van der Waals surface area (Å²) in [5.74, 6) is 0. The molecule has 0 fully saturated rings. The summed E-state index contributed by atoms with van der Waals surface area (Å²) in [6.45, 7) is 10.6. The lowest BCUT2D eigenvalue weighted by Gasteiger charge is -2.20. The molecule has 0 aliphatic heterocycles. The summed E-state index contributed by atoms with van der Waals surface area (Å²) < 4.78 is 0. The van der Waals surface area contributed by atoms with Crippen LogP contribution in [-0.2, 0) is 5.41 Å². The third-order valence-electron chi connectivity index (χ3n) is 3.28. The van der Waals surface area contributed by atoms with Crippen molar-refractivity contribution in [1.29, 1.82) is 0 Å². The highest BCUT2D eigenvalue weighted by molar-refractivity contribution is 7.80. The normalized spacial score (nSPS) is 11.8. The van der Waals surface area contributed by atoms with Gasteiger partial charge in [0, 0.05) is 22.1 Å². The largest absolute Gasteiger partial charge is 0.389 e. The SMILES string of the molecule is Cc1cc(C)c2c(C(N)=S)cc(C(C)(C)C)nc2c1. The maximum Gasteiger partial charge on any atom is 0.104 e. The third-order valence-corrected chi connectivity index (χ3v) is 3.50. The topological polar surface area (TPSA) is 38.9 Å². The van der Waals surface area contributed by atoms with Crippen molar-refractivity contribution in [3.05, 3.63) is 40.6 Å². The van der Waals surface area contributed by atoms with Crippen LogP contribution in [0.4, 0.5) is 0 Å². The van der Waals surface area contributed by atoms with Crippen LogP contribution in [0, 0.1) is 13.8 Å². The molecule has 0 spiro atoms. The van der Waals surface area contributed by atoms with Crippen molar-refractivity contribution in [3.63, 3.8) is 0 Å². The number of hydrogen-bond acceptors (Lipinski definition) is 2. The van der Waals surface area contributed by atoms with Crippen molar-refractivity contribution in [2.24, 2.45) is 5.73 Å². The molecule has 0 saturated heterocycles. The Labute approximate surface area is 120 Å². The molecule has 1 heterocycles. The van der Waals surface area contributed by atoms with E-state index in [2.05, 4.69) is 46.8 Å². The van der Waals surface area contributed by atoms with Crippen LogP contribution in [0.3, 0.4) is 0 Å². The van der Waals surface area contributed by atoms with Gasteiger partial charge in [0.2, 0.25) is 0 Å². The van der Waals surface area contributed by atoms with Crippen LogP contribution in [0.2, 0.25) is 0 Å². The molecule has 3 heteroatoms. The van der Waals surface area contributed by atoms with E-state index in [1.165, 1.54) is 11.1 Å². The maximum absolute atomic E-state index is 5.90. The van der Waals surface area contributed by atoms with Crippen LogP contribution in [0.15, 0.2) is 18.2 Å². The van der Waals surface area contributed by atoms with Gasteiger partial charge in [0.15, 0.2) is 0 Å². The second kappa shape index (κ2) is 4.57. The molecule has 100 valence electrons. The fraction of sp³-hybridized carbons (Fsp3) is 0.375. The Morgan fingerprint density at radius 2 is 1.79 bits per heavy atom. The van der Waals surface area contributed by atoms with Gasteiger partial charge in [-0.25, -0.2) is 0 Å². The van der Waals surface area contributed by atoms with E-state index in [4.69, 9.17) is 22.9 Å². The molecule has 1 aromatic heterocycles. The summed E-state index contributed by atoms with van der Waals surface area (Å²) in [5.41, 5.74) is 11.2. The Kier molecular flexibility index (Phi) is 3.35. The van der Waals surface area contributed by atoms with Gasteiger partial charge < -0.3 is 5.73 Å². The van der Waals surface area contributed by atoms with Crippen LogP contribution in [0.1, 0.15) is 43.2 Å².